The van der Waals surface area contributed by atoms with Gasteiger partial charge in [-0.1, -0.05) is 32.3 Å². The van der Waals surface area contributed by atoms with Crippen LogP contribution in [0.5, 0.6) is 5.75 Å². The van der Waals surface area contributed by atoms with Gasteiger partial charge in [0.05, 0.1) is 19.8 Å². The highest BCUT2D eigenvalue weighted by atomic mass is 16.5. The van der Waals surface area contributed by atoms with Crippen LogP contribution >= 0.6 is 0 Å². The Morgan fingerprint density at radius 3 is 2.85 bits per heavy atom. The zero-order chi connectivity index (χ0) is 14.6. The van der Waals surface area contributed by atoms with Crippen molar-refractivity contribution in [2.45, 2.75) is 38.7 Å². The Morgan fingerprint density at radius 2 is 2.10 bits per heavy atom. The molecule has 114 valence electrons. The number of hydrogen-bond donors (Lipinski definition) is 2. The van der Waals surface area contributed by atoms with Crippen molar-refractivity contribution in [3.05, 3.63) is 24.3 Å². The summed E-state index contributed by atoms with van der Waals surface area (Å²) in [5.41, 5.74) is 0.936. The molecular formula is C16H27NO3. The summed E-state index contributed by atoms with van der Waals surface area (Å²) in [5.74, 6) is 0.802. The zero-order valence-corrected chi connectivity index (χ0v) is 12.6. The second-order valence-corrected chi connectivity index (χ2v) is 4.90. The summed E-state index contributed by atoms with van der Waals surface area (Å²) in [6.45, 7) is 3.77. The van der Waals surface area contributed by atoms with Crippen LogP contribution in [-0.4, -0.2) is 38.1 Å². The van der Waals surface area contributed by atoms with Gasteiger partial charge in [0, 0.05) is 24.9 Å². The molecule has 0 radical (unpaired) electrons. The summed E-state index contributed by atoms with van der Waals surface area (Å²) in [5, 5.41) is 13.0. The lowest BCUT2D eigenvalue weighted by atomic mass is 10.2. The Kier molecular flexibility index (Phi) is 8.83. The molecule has 0 aromatic heterocycles. The Balaban J connectivity index is 2.11. The molecule has 0 bridgehead atoms. The number of aliphatic hydroxyl groups is 1. The number of rotatable bonds is 11. The number of anilines is 1. The number of hydrogen-bond acceptors (Lipinski definition) is 4. The van der Waals surface area contributed by atoms with Gasteiger partial charge in [-0.05, 0) is 18.6 Å². The molecule has 1 atom stereocenters. The molecule has 0 aliphatic carbocycles. The molecule has 1 unspecified atom stereocenters. The maximum atomic E-state index is 9.82. The summed E-state index contributed by atoms with van der Waals surface area (Å²) in [7, 11) is 1.64. The van der Waals surface area contributed by atoms with Crippen molar-refractivity contribution < 1.29 is 14.6 Å². The van der Waals surface area contributed by atoms with Crippen LogP contribution in [0.15, 0.2) is 24.3 Å². The number of methoxy groups -OCH3 is 1. The summed E-state index contributed by atoms with van der Waals surface area (Å²) in [6, 6.07) is 7.65. The molecule has 0 aliphatic heterocycles. The van der Waals surface area contributed by atoms with Gasteiger partial charge >= 0.3 is 0 Å². The monoisotopic (exact) mass is 281 g/mol. The van der Waals surface area contributed by atoms with Gasteiger partial charge in [-0.15, -0.1) is 0 Å². The van der Waals surface area contributed by atoms with E-state index in [1.54, 1.807) is 7.11 Å². The van der Waals surface area contributed by atoms with Gasteiger partial charge in [-0.2, -0.15) is 0 Å². The van der Waals surface area contributed by atoms with Gasteiger partial charge in [-0.25, -0.2) is 0 Å². The van der Waals surface area contributed by atoms with E-state index in [-0.39, 0.29) is 0 Å². The molecule has 0 saturated carbocycles. The van der Waals surface area contributed by atoms with Gasteiger partial charge < -0.3 is 19.9 Å². The number of aliphatic hydroxyl groups excluding tert-OH is 1. The van der Waals surface area contributed by atoms with Crippen molar-refractivity contribution in [3.8, 4) is 5.75 Å². The van der Waals surface area contributed by atoms with E-state index in [4.69, 9.17) is 9.47 Å². The maximum Gasteiger partial charge on any atom is 0.120 e. The molecule has 1 rings (SSSR count). The van der Waals surface area contributed by atoms with Gasteiger partial charge in [0.2, 0.25) is 0 Å². The van der Waals surface area contributed by atoms with Gasteiger partial charge in [-0.3, -0.25) is 0 Å². The van der Waals surface area contributed by atoms with E-state index < -0.39 is 6.10 Å². The van der Waals surface area contributed by atoms with E-state index >= 15 is 0 Å². The molecule has 1 aromatic carbocycles. The fraction of sp³-hybridized carbons (Fsp3) is 0.625. The number of benzene rings is 1. The summed E-state index contributed by atoms with van der Waals surface area (Å²) >= 11 is 0. The van der Waals surface area contributed by atoms with Crippen molar-refractivity contribution in [2.75, 3.05) is 32.2 Å². The predicted molar refractivity (Wildman–Crippen MR) is 82.5 cm³/mol. The fourth-order valence-corrected chi connectivity index (χ4v) is 1.88. The maximum absolute atomic E-state index is 9.82. The SMILES string of the molecule is CCCCCCOCC(O)CNc1cccc(OC)c1. The molecule has 4 heteroatoms. The Bertz CT molecular complexity index is 357. The first kappa shape index (κ1) is 16.8. The van der Waals surface area contributed by atoms with Crippen LogP contribution in [0.4, 0.5) is 5.69 Å². The van der Waals surface area contributed by atoms with Crippen molar-refractivity contribution in [2.24, 2.45) is 0 Å². The van der Waals surface area contributed by atoms with Crippen LogP contribution in [0.2, 0.25) is 0 Å². The highest BCUT2D eigenvalue weighted by molar-refractivity contribution is 5.48. The third kappa shape index (κ3) is 7.36. The highest BCUT2D eigenvalue weighted by Crippen LogP contribution is 2.16. The van der Waals surface area contributed by atoms with Crippen molar-refractivity contribution >= 4 is 5.69 Å². The molecule has 1 aromatic rings. The lowest BCUT2D eigenvalue weighted by Crippen LogP contribution is -2.25. The summed E-state index contributed by atoms with van der Waals surface area (Å²) in [6.07, 6.45) is 4.27. The van der Waals surface area contributed by atoms with Gasteiger partial charge in [0.1, 0.15) is 5.75 Å². The normalized spacial score (nSPS) is 12.2. The molecule has 20 heavy (non-hydrogen) atoms. The van der Waals surface area contributed by atoms with Gasteiger partial charge in [0.25, 0.3) is 0 Å². The van der Waals surface area contributed by atoms with Crippen LogP contribution in [0.3, 0.4) is 0 Å². The quantitative estimate of drug-likeness (QED) is 0.612. The molecule has 0 aliphatic rings. The smallest absolute Gasteiger partial charge is 0.120 e. The molecule has 0 saturated heterocycles. The Hall–Kier alpha value is -1.26. The van der Waals surface area contributed by atoms with Crippen molar-refractivity contribution in [1.82, 2.24) is 0 Å². The first-order valence-corrected chi connectivity index (χ1v) is 7.40. The zero-order valence-electron chi connectivity index (χ0n) is 12.6. The minimum atomic E-state index is -0.493. The van der Waals surface area contributed by atoms with Crippen molar-refractivity contribution in [1.29, 1.82) is 0 Å². The number of ether oxygens (including phenoxy) is 2. The van der Waals surface area contributed by atoms with Crippen LogP contribution in [0.1, 0.15) is 32.6 Å². The summed E-state index contributed by atoms with van der Waals surface area (Å²) < 4.78 is 10.6. The number of nitrogens with one attached hydrogen (secondary N) is 1. The van der Waals surface area contributed by atoms with Crippen molar-refractivity contribution in [3.63, 3.8) is 0 Å². The first-order chi connectivity index (χ1) is 9.76. The van der Waals surface area contributed by atoms with E-state index in [0.29, 0.717) is 13.2 Å². The molecule has 0 amide bonds. The van der Waals surface area contributed by atoms with Gasteiger partial charge in [0.15, 0.2) is 0 Å². The van der Waals surface area contributed by atoms with E-state index in [2.05, 4.69) is 12.2 Å². The lowest BCUT2D eigenvalue weighted by molar-refractivity contribution is 0.0417. The predicted octanol–water partition coefficient (Wildman–Crippen LogP) is 3.06. The second kappa shape index (κ2) is 10.5. The first-order valence-electron chi connectivity index (χ1n) is 7.40. The minimum Gasteiger partial charge on any atom is -0.497 e. The number of unbranched alkanes of at least 4 members (excludes halogenated alkanes) is 3. The largest absolute Gasteiger partial charge is 0.497 e. The van der Waals surface area contributed by atoms with Crippen LogP contribution in [0, 0.1) is 0 Å². The lowest BCUT2D eigenvalue weighted by Gasteiger charge is -2.13. The fourth-order valence-electron chi connectivity index (χ4n) is 1.88. The standard InChI is InChI=1S/C16H27NO3/c1-3-4-5-6-10-20-13-15(18)12-17-14-8-7-9-16(11-14)19-2/h7-9,11,15,17-18H,3-6,10,12-13H2,1-2H3. The summed E-state index contributed by atoms with van der Waals surface area (Å²) in [4.78, 5) is 0. The third-order valence-electron chi connectivity index (χ3n) is 3.06. The Labute approximate surface area is 122 Å². The molecule has 0 fully saturated rings. The average Bonchev–Trinajstić information content (AvgIpc) is 2.49. The van der Waals surface area contributed by atoms with Crippen LogP contribution < -0.4 is 10.1 Å². The topological polar surface area (TPSA) is 50.7 Å². The van der Waals surface area contributed by atoms with E-state index in [1.165, 1.54) is 19.3 Å². The van der Waals surface area contributed by atoms with Crippen LogP contribution in [0.25, 0.3) is 0 Å². The third-order valence-corrected chi connectivity index (χ3v) is 3.06. The molecule has 4 nitrogen and oxygen atoms in total. The van der Waals surface area contributed by atoms with Crippen LogP contribution in [-0.2, 0) is 4.74 Å². The minimum absolute atomic E-state index is 0.378. The van der Waals surface area contributed by atoms with E-state index in [0.717, 1.165) is 24.5 Å². The molecule has 2 N–H and O–H groups in total. The molecule has 0 spiro atoms. The average molecular weight is 281 g/mol. The second-order valence-electron chi connectivity index (χ2n) is 4.90. The van der Waals surface area contributed by atoms with E-state index in [1.807, 2.05) is 24.3 Å². The highest BCUT2D eigenvalue weighted by Gasteiger charge is 2.04. The molecule has 0 heterocycles. The Morgan fingerprint density at radius 1 is 1.25 bits per heavy atom. The molecular weight excluding hydrogens is 254 g/mol. The van der Waals surface area contributed by atoms with E-state index in [9.17, 15) is 5.11 Å².